The van der Waals surface area contributed by atoms with Crippen LogP contribution in [0.4, 0.5) is 17.1 Å². The van der Waals surface area contributed by atoms with Gasteiger partial charge in [-0.25, -0.2) is 0 Å². The van der Waals surface area contributed by atoms with Gasteiger partial charge in [-0.05, 0) is 141 Å². The standard InChI is InChI=1S/C60H44N2/c1-41-13-9-11-19-54(41)57-40-53(30-21-42(57)2)62-58-38-29-48-18-10-12-20-55(48)60(58)56-37-28-49(39-59(56)62)47-26-35-52(36-27-47)61(50-31-22-45(23-32-50)43-14-5-3-6-15-43)51-33-24-46(25-34-51)44-16-7-4-8-17-44/h3-40H,1-2H3. The van der Waals surface area contributed by atoms with Crippen LogP contribution in [-0.2, 0) is 0 Å². The number of anilines is 3. The van der Waals surface area contributed by atoms with Gasteiger partial charge in [0.05, 0.1) is 11.0 Å². The van der Waals surface area contributed by atoms with Crippen LogP contribution in [0.1, 0.15) is 11.1 Å². The van der Waals surface area contributed by atoms with Crippen molar-refractivity contribution in [3.63, 3.8) is 0 Å². The molecule has 0 saturated carbocycles. The molecule has 62 heavy (non-hydrogen) atoms. The van der Waals surface area contributed by atoms with E-state index in [2.05, 4.69) is 254 Å². The highest BCUT2D eigenvalue weighted by Crippen LogP contribution is 2.42. The maximum atomic E-state index is 2.47. The number of hydrogen-bond donors (Lipinski definition) is 0. The monoisotopic (exact) mass is 792 g/mol. The number of aromatic nitrogens is 1. The van der Waals surface area contributed by atoms with Crippen molar-refractivity contribution in [2.45, 2.75) is 13.8 Å². The number of fused-ring (bicyclic) bond motifs is 5. The van der Waals surface area contributed by atoms with E-state index in [1.54, 1.807) is 0 Å². The Morgan fingerprint density at radius 2 is 0.823 bits per heavy atom. The fourth-order valence-corrected chi connectivity index (χ4v) is 9.28. The molecule has 11 rings (SSSR count). The van der Waals surface area contributed by atoms with Crippen LogP contribution >= 0.6 is 0 Å². The van der Waals surface area contributed by atoms with Crippen molar-refractivity contribution in [1.29, 1.82) is 0 Å². The van der Waals surface area contributed by atoms with E-state index in [1.807, 2.05) is 0 Å². The Morgan fingerprint density at radius 3 is 1.44 bits per heavy atom. The lowest BCUT2D eigenvalue weighted by Crippen LogP contribution is -2.09. The first-order valence-electron chi connectivity index (χ1n) is 21.4. The summed E-state index contributed by atoms with van der Waals surface area (Å²) in [7, 11) is 0. The molecule has 0 aliphatic carbocycles. The summed E-state index contributed by atoms with van der Waals surface area (Å²) in [5.74, 6) is 0. The molecule has 11 aromatic rings. The van der Waals surface area contributed by atoms with Crippen molar-refractivity contribution >= 4 is 49.6 Å². The molecule has 0 atom stereocenters. The van der Waals surface area contributed by atoms with Gasteiger partial charge in [-0.2, -0.15) is 0 Å². The molecule has 0 N–H and O–H groups in total. The second-order valence-electron chi connectivity index (χ2n) is 16.3. The Balaban J connectivity index is 1.03. The van der Waals surface area contributed by atoms with Crippen LogP contribution in [0, 0.1) is 13.8 Å². The number of hydrogen-bond acceptors (Lipinski definition) is 1. The normalized spacial score (nSPS) is 11.4. The summed E-state index contributed by atoms with van der Waals surface area (Å²) in [6.07, 6.45) is 0. The van der Waals surface area contributed by atoms with Gasteiger partial charge in [0.2, 0.25) is 0 Å². The third-order valence-corrected chi connectivity index (χ3v) is 12.5. The maximum absolute atomic E-state index is 2.47. The van der Waals surface area contributed by atoms with E-state index in [0.717, 1.165) is 22.7 Å². The van der Waals surface area contributed by atoms with Gasteiger partial charge >= 0.3 is 0 Å². The SMILES string of the molecule is Cc1ccccc1-c1cc(-n2c3cc(-c4ccc(N(c5ccc(-c6ccccc6)cc5)c5ccc(-c6ccccc6)cc5)cc4)ccc3c3c4ccccc4ccc32)ccc1C. The van der Waals surface area contributed by atoms with Crippen LogP contribution in [0.5, 0.6) is 0 Å². The minimum absolute atomic E-state index is 1.10. The van der Waals surface area contributed by atoms with Crippen LogP contribution in [0.15, 0.2) is 231 Å². The molecule has 2 heteroatoms. The van der Waals surface area contributed by atoms with Gasteiger partial charge in [-0.1, -0.05) is 170 Å². The lowest BCUT2D eigenvalue weighted by molar-refractivity contribution is 1.18. The molecule has 2 nitrogen and oxygen atoms in total. The average molecular weight is 793 g/mol. The highest BCUT2D eigenvalue weighted by Gasteiger charge is 2.19. The van der Waals surface area contributed by atoms with Gasteiger partial charge in [-0.3, -0.25) is 0 Å². The Morgan fingerprint density at radius 1 is 0.323 bits per heavy atom. The molecule has 0 saturated heterocycles. The summed E-state index contributed by atoms with van der Waals surface area (Å²) in [6, 6.07) is 84.0. The predicted octanol–water partition coefficient (Wildman–Crippen LogP) is 16.7. The molecule has 0 aliphatic rings. The second-order valence-corrected chi connectivity index (χ2v) is 16.3. The summed E-state index contributed by atoms with van der Waals surface area (Å²) >= 11 is 0. The van der Waals surface area contributed by atoms with Crippen molar-refractivity contribution in [1.82, 2.24) is 4.57 Å². The molecule has 0 radical (unpaired) electrons. The predicted molar refractivity (Wildman–Crippen MR) is 264 cm³/mol. The van der Waals surface area contributed by atoms with Crippen molar-refractivity contribution < 1.29 is 0 Å². The summed E-state index contributed by atoms with van der Waals surface area (Å²) in [6.45, 7) is 4.42. The van der Waals surface area contributed by atoms with E-state index >= 15 is 0 Å². The van der Waals surface area contributed by atoms with E-state index in [-0.39, 0.29) is 0 Å². The van der Waals surface area contributed by atoms with Crippen LogP contribution in [0.25, 0.3) is 82.8 Å². The van der Waals surface area contributed by atoms with Crippen LogP contribution in [0.2, 0.25) is 0 Å². The maximum Gasteiger partial charge on any atom is 0.0547 e. The van der Waals surface area contributed by atoms with Gasteiger partial charge in [-0.15, -0.1) is 0 Å². The van der Waals surface area contributed by atoms with Crippen molar-refractivity contribution in [2.24, 2.45) is 0 Å². The third kappa shape index (κ3) is 6.63. The zero-order valence-electron chi connectivity index (χ0n) is 34.8. The quantitative estimate of drug-likeness (QED) is 0.149. The second kappa shape index (κ2) is 15.6. The molecule has 0 unspecified atom stereocenters. The van der Waals surface area contributed by atoms with E-state index in [1.165, 1.54) is 88.2 Å². The molecular weight excluding hydrogens is 749 g/mol. The third-order valence-electron chi connectivity index (χ3n) is 12.5. The Bertz CT molecular complexity index is 3300. The van der Waals surface area contributed by atoms with Crippen molar-refractivity contribution in [3.05, 3.63) is 242 Å². The zero-order valence-corrected chi connectivity index (χ0v) is 34.8. The highest BCUT2D eigenvalue weighted by atomic mass is 15.1. The van der Waals surface area contributed by atoms with E-state index in [4.69, 9.17) is 0 Å². The summed E-state index contributed by atoms with van der Waals surface area (Å²) in [5.41, 5.74) is 19.1. The molecule has 0 bridgehead atoms. The first-order valence-corrected chi connectivity index (χ1v) is 21.4. The summed E-state index contributed by atoms with van der Waals surface area (Å²) in [4.78, 5) is 2.35. The minimum atomic E-state index is 1.10. The molecule has 0 spiro atoms. The van der Waals surface area contributed by atoms with Gasteiger partial charge in [0.25, 0.3) is 0 Å². The van der Waals surface area contributed by atoms with Crippen LogP contribution in [-0.4, -0.2) is 4.57 Å². The zero-order chi connectivity index (χ0) is 41.6. The lowest BCUT2D eigenvalue weighted by atomic mass is 9.96. The first kappa shape index (κ1) is 37.1. The van der Waals surface area contributed by atoms with Crippen LogP contribution < -0.4 is 4.90 Å². The number of rotatable bonds is 8. The Labute approximate surface area is 363 Å². The number of nitrogens with zero attached hydrogens (tertiary/aromatic N) is 2. The summed E-state index contributed by atoms with van der Waals surface area (Å²) < 4.78 is 2.47. The largest absolute Gasteiger partial charge is 0.311 e. The molecular formula is C60H44N2. The number of aryl methyl sites for hydroxylation is 2. The Hall–Kier alpha value is -7.94. The van der Waals surface area contributed by atoms with Gasteiger partial charge < -0.3 is 9.47 Å². The molecule has 294 valence electrons. The van der Waals surface area contributed by atoms with Crippen LogP contribution in [0.3, 0.4) is 0 Å². The number of benzene rings is 10. The fourth-order valence-electron chi connectivity index (χ4n) is 9.28. The van der Waals surface area contributed by atoms with Gasteiger partial charge in [0.1, 0.15) is 0 Å². The molecule has 10 aromatic carbocycles. The van der Waals surface area contributed by atoms with Crippen molar-refractivity contribution in [3.8, 4) is 50.2 Å². The smallest absolute Gasteiger partial charge is 0.0547 e. The van der Waals surface area contributed by atoms with E-state index < -0.39 is 0 Å². The van der Waals surface area contributed by atoms with E-state index in [9.17, 15) is 0 Å². The molecule has 0 fully saturated rings. The molecule has 0 amide bonds. The molecule has 0 aliphatic heterocycles. The first-order chi connectivity index (χ1) is 30.6. The minimum Gasteiger partial charge on any atom is -0.311 e. The fraction of sp³-hybridized carbons (Fsp3) is 0.0333. The Kier molecular flexibility index (Phi) is 9.32. The topological polar surface area (TPSA) is 8.17 Å². The average Bonchev–Trinajstić information content (AvgIpc) is 3.67. The van der Waals surface area contributed by atoms with Gasteiger partial charge in [0, 0.05) is 33.5 Å². The van der Waals surface area contributed by atoms with Crippen molar-refractivity contribution in [2.75, 3.05) is 4.90 Å². The summed E-state index contributed by atoms with van der Waals surface area (Å²) in [5, 5.41) is 5.05. The van der Waals surface area contributed by atoms with E-state index in [0.29, 0.717) is 0 Å². The molecule has 1 heterocycles. The lowest BCUT2D eigenvalue weighted by Gasteiger charge is -2.26. The van der Waals surface area contributed by atoms with Gasteiger partial charge in [0.15, 0.2) is 0 Å². The molecule has 1 aromatic heterocycles. The highest BCUT2D eigenvalue weighted by molar-refractivity contribution is 6.21.